The van der Waals surface area contributed by atoms with Crippen LogP contribution in [0.2, 0.25) is 0 Å². The highest BCUT2D eigenvalue weighted by Gasteiger charge is 2.15. The van der Waals surface area contributed by atoms with E-state index in [4.69, 9.17) is 0 Å². The molecular formula is C10H15N5O. The van der Waals surface area contributed by atoms with Gasteiger partial charge < -0.3 is 5.11 Å². The third-order valence-corrected chi connectivity index (χ3v) is 2.46. The van der Waals surface area contributed by atoms with E-state index in [0.717, 1.165) is 17.0 Å². The van der Waals surface area contributed by atoms with Crippen molar-refractivity contribution in [2.45, 2.75) is 19.4 Å². The molecule has 0 aromatic carbocycles. The molecule has 0 aliphatic carbocycles. The molecule has 6 heteroatoms. The maximum atomic E-state index is 10.0. The number of aliphatic hydroxyl groups excluding tert-OH is 1. The average Bonchev–Trinajstić information content (AvgIpc) is 2.73. The zero-order valence-corrected chi connectivity index (χ0v) is 9.62. The van der Waals surface area contributed by atoms with E-state index in [1.165, 1.54) is 0 Å². The summed E-state index contributed by atoms with van der Waals surface area (Å²) in [6.07, 6.45) is 3.51. The Kier molecular flexibility index (Phi) is 2.74. The van der Waals surface area contributed by atoms with Gasteiger partial charge in [-0.15, -0.1) is 5.10 Å². The lowest BCUT2D eigenvalue weighted by molar-refractivity contribution is 0.176. The number of rotatable bonds is 3. The molecule has 1 N–H and O–H groups in total. The van der Waals surface area contributed by atoms with E-state index in [-0.39, 0.29) is 0 Å². The number of aryl methyl sites for hydroxylation is 3. The van der Waals surface area contributed by atoms with Gasteiger partial charge in [0, 0.05) is 38.5 Å². The lowest BCUT2D eigenvalue weighted by Crippen LogP contribution is -2.02. The molecule has 2 aromatic heterocycles. The molecule has 6 nitrogen and oxygen atoms in total. The van der Waals surface area contributed by atoms with E-state index in [0.29, 0.717) is 6.42 Å². The molecule has 0 spiro atoms. The van der Waals surface area contributed by atoms with E-state index in [9.17, 15) is 5.11 Å². The van der Waals surface area contributed by atoms with Crippen molar-refractivity contribution in [3.63, 3.8) is 0 Å². The Morgan fingerprint density at radius 3 is 2.56 bits per heavy atom. The molecule has 0 radical (unpaired) electrons. The van der Waals surface area contributed by atoms with Crippen LogP contribution >= 0.6 is 0 Å². The van der Waals surface area contributed by atoms with Gasteiger partial charge in [0.05, 0.1) is 17.5 Å². The van der Waals surface area contributed by atoms with Crippen LogP contribution in [0.4, 0.5) is 0 Å². The van der Waals surface area contributed by atoms with Gasteiger partial charge in [-0.25, -0.2) is 0 Å². The summed E-state index contributed by atoms with van der Waals surface area (Å²) >= 11 is 0. The Labute approximate surface area is 93.5 Å². The first-order chi connectivity index (χ1) is 7.56. The molecule has 86 valence electrons. The highest BCUT2D eigenvalue weighted by molar-refractivity contribution is 5.19. The summed E-state index contributed by atoms with van der Waals surface area (Å²) in [5.41, 5.74) is 2.46. The van der Waals surface area contributed by atoms with Crippen LogP contribution in [0.25, 0.3) is 0 Å². The average molecular weight is 221 g/mol. The van der Waals surface area contributed by atoms with Gasteiger partial charge in [0.25, 0.3) is 0 Å². The van der Waals surface area contributed by atoms with E-state index in [1.807, 2.05) is 20.2 Å². The minimum Gasteiger partial charge on any atom is -0.388 e. The fourth-order valence-corrected chi connectivity index (χ4v) is 1.74. The van der Waals surface area contributed by atoms with Crippen LogP contribution < -0.4 is 0 Å². The van der Waals surface area contributed by atoms with E-state index < -0.39 is 6.10 Å². The third-order valence-electron chi connectivity index (χ3n) is 2.46. The van der Waals surface area contributed by atoms with Gasteiger partial charge in [0.15, 0.2) is 0 Å². The normalized spacial score (nSPS) is 13.0. The Hall–Kier alpha value is -1.69. The summed E-state index contributed by atoms with van der Waals surface area (Å²) in [5.74, 6) is 0. The molecule has 16 heavy (non-hydrogen) atoms. The Morgan fingerprint density at radius 1 is 1.31 bits per heavy atom. The molecule has 1 unspecified atom stereocenters. The maximum absolute atomic E-state index is 10.0. The summed E-state index contributed by atoms with van der Waals surface area (Å²) in [5, 5.41) is 22.0. The smallest absolute Gasteiger partial charge is 0.0879 e. The number of hydrogen-bond acceptors (Lipinski definition) is 4. The number of aliphatic hydroxyl groups is 1. The summed E-state index contributed by atoms with van der Waals surface area (Å²) in [6, 6.07) is 0. The number of aromatic nitrogens is 5. The fourth-order valence-electron chi connectivity index (χ4n) is 1.74. The SMILES string of the molecule is Cc1nn(C)cc1C(O)Cc1cn(C)nn1. The second-order valence-electron chi connectivity index (χ2n) is 3.95. The van der Waals surface area contributed by atoms with Crippen molar-refractivity contribution >= 4 is 0 Å². The monoisotopic (exact) mass is 221 g/mol. The van der Waals surface area contributed by atoms with Crippen LogP contribution in [0.3, 0.4) is 0 Å². The molecule has 2 aromatic rings. The molecular weight excluding hydrogens is 206 g/mol. The quantitative estimate of drug-likeness (QED) is 0.800. The van der Waals surface area contributed by atoms with Crippen LogP contribution in [0.15, 0.2) is 12.4 Å². The number of hydrogen-bond donors (Lipinski definition) is 1. The molecule has 0 amide bonds. The highest BCUT2D eigenvalue weighted by atomic mass is 16.3. The van der Waals surface area contributed by atoms with Crippen LogP contribution in [0, 0.1) is 6.92 Å². The summed E-state index contributed by atoms with van der Waals surface area (Å²) in [7, 11) is 3.64. The number of nitrogens with zero attached hydrogens (tertiary/aromatic N) is 5. The summed E-state index contributed by atoms with van der Waals surface area (Å²) < 4.78 is 3.32. The predicted molar refractivity (Wildman–Crippen MR) is 57.6 cm³/mol. The fraction of sp³-hybridized carbons (Fsp3) is 0.500. The first-order valence-corrected chi connectivity index (χ1v) is 5.09. The topological polar surface area (TPSA) is 68.8 Å². The lowest BCUT2D eigenvalue weighted by Gasteiger charge is -2.06. The Morgan fingerprint density at radius 2 is 2.06 bits per heavy atom. The molecule has 0 saturated carbocycles. The van der Waals surface area contributed by atoms with Crippen molar-refractivity contribution in [2.24, 2.45) is 14.1 Å². The van der Waals surface area contributed by atoms with Crippen LogP contribution in [-0.2, 0) is 20.5 Å². The molecule has 0 fully saturated rings. The van der Waals surface area contributed by atoms with Gasteiger partial charge in [0.2, 0.25) is 0 Å². The highest BCUT2D eigenvalue weighted by Crippen LogP contribution is 2.19. The van der Waals surface area contributed by atoms with Gasteiger partial charge in [-0.1, -0.05) is 5.21 Å². The van der Waals surface area contributed by atoms with Gasteiger partial charge >= 0.3 is 0 Å². The largest absolute Gasteiger partial charge is 0.388 e. The zero-order chi connectivity index (χ0) is 11.7. The molecule has 0 aliphatic heterocycles. The summed E-state index contributed by atoms with van der Waals surface area (Å²) in [4.78, 5) is 0. The first-order valence-electron chi connectivity index (χ1n) is 5.09. The van der Waals surface area contributed by atoms with Gasteiger partial charge in [0.1, 0.15) is 0 Å². The molecule has 0 saturated heterocycles. The van der Waals surface area contributed by atoms with Crippen molar-refractivity contribution in [3.05, 3.63) is 29.3 Å². The predicted octanol–water partition coefficient (Wildman–Crippen LogP) is 0.133. The van der Waals surface area contributed by atoms with Crippen LogP contribution in [0.1, 0.15) is 23.1 Å². The Balaban J connectivity index is 2.14. The minimum absolute atomic E-state index is 0.459. The van der Waals surface area contributed by atoms with E-state index in [1.54, 1.807) is 22.6 Å². The minimum atomic E-state index is -0.578. The molecule has 1 atom stereocenters. The lowest BCUT2D eigenvalue weighted by atomic mass is 10.1. The molecule has 0 aliphatic rings. The molecule has 2 rings (SSSR count). The van der Waals surface area contributed by atoms with Crippen LogP contribution in [-0.4, -0.2) is 29.9 Å². The van der Waals surface area contributed by atoms with Crippen molar-refractivity contribution in [1.29, 1.82) is 0 Å². The second kappa shape index (κ2) is 4.05. The third kappa shape index (κ3) is 2.11. The first kappa shape index (κ1) is 10.8. The van der Waals surface area contributed by atoms with Gasteiger partial charge in [-0.05, 0) is 6.92 Å². The van der Waals surface area contributed by atoms with Crippen molar-refractivity contribution in [3.8, 4) is 0 Å². The maximum Gasteiger partial charge on any atom is 0.0879 e. The Bertz CT molecular complexity index is 487. The van der Waals surface area contributed by atoms with E-state index >= 15 is 0 Å². The van der Waals surface area contributed by atoms with Crippen molar-refractivity contribution in [2.75, 3.05) is 0 Å². The standard InChI is InChI=1S/C10H15N5O/c1-7-9(6-14(2)12-7)10(16)4-8-5-15(3)13-11-8/h5-6,10,16H,4H2,1-3H3. The van der Waals surface area contributed by atoms with Gasteiger partial charge in [-0.3, -0.25) is 9.36 Å². The van der Waals surface area contributed by atoms with Gasteiger partial charge in [-0.2, -0.15) is 5.10 Å². The van der Waals surface area contributed by atoms with Crippen molar-refractivity contribution < 1.29 is 5.11 Å². The van der Waals surface area contributed by atoms with E-state index in [2.05, 4.69) is 15.4 Å². The van der Waals surface area contributed by atoms with Crippen LogP contribution in [0.5, 0.6) is 0 Å². The van der Waals surface area contributed by atoms with Crippen molar-refractivity contribution in [1.82, 2.24) is 24.8 Å². The second-order valence-corrected chi connectivity index (χ2v) is 3.95. The summed E-state index contributed by atoms with van der Waals surface area (Å²) in [6.45, 7) is 1.88. The zero-order valence-electron chi connectivity index (χ0n) is 9.62. The molecule has 2 heterocycles. The molecule has 0 bridgehead atoms.